The molecule has 4 nitrogen and oxygen atoms in total. The molecule has 1 aliphatic heterocycles. The van der Waals surface area contributed by atoms with E-state index in [0.29, 0.717) is 19.1 Å². The Morgan fingerprint density at radius 2 is 2.05 bits per heavy atom. The van der Waals surface area contributed by atoms with Gasteiger partial charge in [-0.2, -0.15) is 0 Å². The highest BCUT2D eigenvalue weighted by Gasteiger charge is 2.22. The Balaban J connectivity index is 1.84. The normalized spacial score (nSPS) is 16.0. The summed E-state index contributed by atoms with van der Waals surface area (Å²) in [5, 5.41) is 5.93. The topological polar surface area (TPSA) is 44.4 Å². The standard InChI is InChI=1S/C15H21F2N3O/c1-2-7-18-12-5-8-20(9-6-12)15(21)19-14-4-3-11(16)10-13(14)17/h3-4,10,12,18H,2,5-9H2,1H3,(H,19,21). The third-order valence-corrected chi connectivity index (χ3v) is 3.64. The molecule has 0 aliphatic carbocycles. The maximum Gasteiger partial charge on any atom is 0.321 e. The van der Waals surface area contributed by atoms with Gasteiger partial charge in [0, 0.05) is 25.2 Å². The molecule has 116 valence electrons. The third-order valence-electron chi connectivity index (χ3n) is 3.64. The van der Waals surface area contributed by atoms with Gasteiger partial charge in [0.1, 0.15) is 11.6 Å². The van der Waals surface area contributed by atoms with Crippen molar-refractivity contribution in [3.8, 4) is 0 Å². The average Bonchev–Trinajstić information content (AvgIpc) is 2.48. The van der Waals surface area contributed by atoms with Crippen LogP contribution < -0.4 is 10.6 Å². The van der Waals surface area contributed by atoms with Crippen LogP contribution in [0.3, 0.4) is 0 Å². The fourth-order valence-electron chi connectivity index (χ4n) is 2.42. The lowest BCUT2D eigenvalue weighted by molar-refractivity contribution is 0.189. The minimum absolute atomic E-state index is 0.00707. The molecule has 1 heterocycles. The number of amides is 2. The summed E-state index contributed by atoms with van der Waals surface area (Å²) in [5.41, 5.74) is 0.00707. The minimum Gasteiger partial charge on any atom is -0.324 e. The monoisotopic (exact) mass is 297 g/mol. The molecule has 1 aromatic carbocycles. The fraction of sp³-hybridized carbons (Fsp3) is 0.533. The Morgan fingerprint density at radius 1 is 1.33 bits per heavy atom. The van der Waals surface area contributed by atoms with Crippen LogP contribution in [-0.4, -0.2) is 36.6 Å². The first-order chi connectivity index (χ1) is 10.1. The van der Waals surface area contributed by atoms with Crippen LogP contribution in [0.15, 0.2) is 18.2 Å². The quantitative estimate of drug-likeness (QED) is 0.897. The zero-order chi connectivity index (χ0) is 15.2. The van der Waals surface area contributed by atoms with Gasteiger partial charge in [-0.25, -0.2) is 13.6 Å². The van der Waals surface area contributed by atoms with Crippen molar-refractivity contribution in [1.29, 1.82) is 0 Å². The van der Waals surface area contributed by atoms with Gasteiger partial charge in [-0.3, -0.25) is 0 Å². The molecule has 0 bridgehead atoms. The summed E-state index contributed by atoms with van der Waals surface area (Å²) in [7, 11) is 0. The predicted octanol–water partition coefficient (Wildman–Crippen LogP) is 2.96. The van der Waals surface area contributed by atoms with Crippen LogP contribution in [-0.2, 0) is 0 Å². The molecule has 0 saturated carbocycles. The van der Waals surface area contributed by atoms with Crippen LogP contribution in [0.25, 0.3) is 0 Å². The first-order valence-corrected chi connectivity index (χ1v) is 7.34. The van der Waals surface area contributed by atoms with E-state index in [4.69, 9.17) is 0 Å². The summed E-state index contributed by atoms with van der Waals surface area (Å²) >= 11 is 0. The SMILES string of the molecule is CCCNC1CCN(C(=O)Nc2ccc(F)cc2F)CC1. The summed E-state index contributed by atoms with van der Waals surface area (Å²) in [4.78, 5) is 13.7. The van der Waals surface area contributed by atoms with Crippen molar-refractivity contribution in [3.63, 3.8) is 0 Å². The average molecular weight is 297 g/mol. The van der Waals surface area contributed by atoms with Gasteiger partial charge in [-0.05, 0) is 37.9 Å². The number of carbonyl (C=O) groups is 1. The maximum atomic E-state index is 13.5. The zero-order valence-corrected chi connectivity index (χ0v) is 12.2. The fourth-order valence-corrected chi connectivity index (χ4v) is 2.42. The van der Waals surface area contributed by atoms with E-state index in [2.05, 4.69) is 17.6 Å². The lowest BCUT2D eigenvalue weighted by atomic mass is 10.1. The molecule has 2 amide bonds. The van der Waals surface area contributed by atoms with E-state index in [1.807, 2.05) is 0 Å². The minimum atomic E-state index is -0.761. The first kappa shape index (κ1) is 15.7. The van der Waals surface area contributed by atoms with E-state index in [0.717, 1.165) is 37.9 Å². The van der Waals surface area contributed by atoms with Crippen LogP contribution in [0.4, 0.5) is 19.3 Å². The van der Waals surface area contributed by atoms with Crippen molar-refractivity contribution in [2.24, 2.45) is 0 Å². The summed E-state index contributed by atoms with van der Waals surface area (Å²) in [5.74, 6) is -1.42. The number of nitrogens with one attached hydrogen (secondary N) is 2. The first-order valence-electron chi connectivity index (χ1n) is 7.34. The molecule has 0 spiro atoms. The van der Waals surface area contributed by atoms with Crippen molar-refractivity contribution in [2.75, 3.05) is 25.0 Å². The van der Waals surface area contributed by atoms with E-state index in [-0.39, 0.29) is 11.7 Å². The van der Waals surface area contributed by atoms with Gasteiger partial charge in [-0.15, -0.1) is 0 Å². The Morgan fingerprint density at radius 3 is 2.67 bits per heavy atom. The van der Waals surface area contributed by atoms with Gasteiger partial charge in [0.25, 0.3) is 0 Å². The number of piperidine rings is 1. The molecule has 1 fully saturated rings. The number of urea groups is 1. The highest BCUT2D eigenvalue weighted by molar-refractivity contribution is 5.89. The number of likely N-dealkylation sites (tertiary alicyclic amines) is 1. The Hall–Kier alpha value is -1.69. The second-order valence-corrected chi connectivity index (χ2v) is 5.27. The molecule has 2 rings (SSSR count). The molecular weight excluding hydrogens is 276 g/mol. The predicted molar refractivity (Wildman–Crippen MR) is 78.3 cm³/mol. The second kappa shape index (κ2) is 7.36. The molecule has 0 aromatic heterocycles. The molecule has 1 saturated heterocycles. The number of rotatable bonds is 4. The molecule has 1 aliphatic rings. The molecule has 2 N–H and O–H groups in total. The number of halogens is 2. The van der Waals surface area contributed by atoms with Crippen molar-refractivity contribution in [3.05, 3.63) is 29.8 Å². The maximum absolute atomic E-state index is 13.5. The Bertz CT molecular complexity index is 488. The van der Waals surface area contributed by atoms with Crippen LogP contribution in [0, 0.1) is 11.6 Å². The van der Waals surface area contributed by atoms with Crippen molar-refractivity contribution in [2.45, 2.75) is 32.2 Å². The van der Waals surface area contributed by atoms with E-state index in [9.17, 15) is 13.6 Å². The van der Waals surface area contributed by atoms with Gasteiger partial charge < -0.3 is 15.5 Å². The number of nitrogens with zero attached hydrogens (tertiary/aromatic N) is 1. The highest BCUT2D eigenvalue weighted by atomic mass is 19.1. The van der Waals surface area contributed by atoms with Crippen LogP contribution in [0.2, 0.25) is 0 Å². The highest BCUT2D eigenvalue weighted by Crippen LogP contribution is 2.17. The van der Waals surface area contributed by atoms with Crippen molar-refractivity contribution >= 4 is 11.7 Å². The van der Waals surface area contributed by atoms with Crippen LogP contribution >= 0.6 is 0 Å². The number of benzene rings is 1. The van der Waals surface area contributed by atoms with Crippen molar-refractivity contribution < 1.29 is 13.6 Å². The van der Waals surface area contributed by atoms with E-state index < -0.39 is 11.6 Å². The third kappa shape index (κ3) is 4.39. The van der Waals surface area contributed by atoms with E-state index >= 15 is 0 Å². The number of anilines is 1. The number of hydrogen-bond acceptors (Lipinski definition) is 2. The van der Waals surface area contributed by atoms with E-state index in [1.54, 1.807) is 4.90 Å². The molecule has 1 aromatic rings. The van der Waals surface area contributed by atoms with Gasteiger partial charge in [0.2, 0.25) is 0 Å². The molecule has 0 unspecified atom stereocenters. The summed E-state index contributed by atoms with van der Waals surface area (Å²) < 4.78 is 26.3. The molecule has 21 heavy (non-hydrogen) atoms. The summed E-state index contributed by atoms with van der Waals surface area (Å²) in [6.07, 6.45) is 2.86. The molecule has 0 atom stereocenters. The van der Waals surface area contributed by atoms with Crippen LogP contribution in [0.5, 0.6) is 0 Å². The smallest absolute Gasteiger partial charge is 0.321 e. The Labute approximate surface area is 123 Å². The van der Waals surface area contributed by atoms with Gasteiger partial charge in [0.05, 0.1) is 5.69 Å². The van der Waals surface area contributed by atoms with Gasteiger partial charge >= 0.3 is 6.03 Å². The lowest BCUT2D eigenvalue weighted by Crippen LogP contribution is -2.46. The number of carbonyl (C=O) groups excluding carboxylic acids is 1. The largest absolute Gasteiger partial charge is 0.324 e. The molecule has 0 radical (unpaired) electrons. The Kier molecular flexibility index (Phi) is 5.50. The van der Waals surface area contributed by atoms with Gasteiger partial charge in [-0.1, -0.05) is 6.92 Å². The van der Waals surface area contributed by atoms with Gasteiger partial charge in [0.15, 0.2) is 0 Å². The molecule has 6 heteroatoms. The van der Waals surface area contributed by atoms with Crippen LogP contribution in [0.1, 0.15) is 26.2 Å². The molecular formula is C15H21F2N3O. The summed E-state index contributed by atoms with van der Waals surface area (Å²) in [6.45, 7) is 4.37. The van der Waals surface area contributed by atoms with Crippen molar-refractivity contribution in [1.82, 2.24) is 10.2 Å². The van der Waals surface area contributed by atoms with E-state index in [1.165, 1.54) is 6.07 Å². The zero-order valence-electron chi connectivity index (χ0n) is 12.2. The number of hydrogen-bond donors (Lipinski definition) is 2. The summed E-state index contributed by atoms with van der Waals surface area (Å²) in [6, 6.07) is 3.22. The lowest BCUT2D eigenvalue weighted by Gasteiger charge is -2.32. The second-order valence-electron chi connectivity index (χ2n) is 5.27.